The lowest BCUT2D eigenvalue weighted by Gasteiger charge is -2.49. The molecule has 0 spiro atoms. The Kier molecular flexibility index (Phi) is 5.63. The van der Waals surface area contributed by atoms with Crippen LogP contribution >= 0.6 is 0 Å². The topological polar surface area (TPSA) is 53.6 Å². The average molecular weight is 377 g/mol. The maximum Gasteiger partial charge on any atom is 0.319 e. The Morgan fingerprint density at radius 1 is 1.14 bits per heavy atom. The van der Waals surface area contributed by atoms with Gasteiger partial charge in [-0.2, -0.15) is 0 Å². The standard InChI is InChI=1S/C23H27N3O2/c1-2-17-16-26-13-12-18(17)14-20(26)15-24-23(27)25-19-8-10-22(11-9-19)28-21-6-4-3-5-7-21/h2-11,17-18,20H,1,12-16H2,(H2,24,25,27). The highest BCUT2D eigenvalue weighted by atomic mass is 16.5. The number of benzene rings is 2. The van der Waals surface area contributed by atoms with Crippen LogP contribution in [0.4, 0.5) is 10.5 Å². The van der Waals surface area contributed by atoms with E-state index < -0.39 is 0 Å². The van der Waals surface area contributed by atoms with Gasteiger partial charge in [0.1, 0.15) is 11.5 Å². The molecular weight excluding hydrogens is 350 g/mol. The van der Waals surface area contributed by atoms with Gasteiger partial charge in [0, 0.05) is 24.8 Å². The van der Waals surface area contributed by atoms with Gasteiger partial charge >= 0.3 is 6.03 Å². The minimum Gasteiger partial charge on any atom is -0.457 e. The van der Waals surface area contributed by atoms with Gasteiger partial charge in [-0.15, -0.1) is 6.58 Å². The van der Waals surface area contributed by atoms with Crippen molar-refractivity contribution in [3.05, 3.63) is 67.3 Å². The molecule has 0 aliphatic carbocycles. The van der Waals surface area contributed by atoms with Crippen LogP contribution in [-0.2, 0) is 0 Å². The van der Waals surface area contributed by atoms with Crippen molar-refractivity contribution in [2.75, 3.05) is 25.0 Å². The van der Waals surface area contributed by atoms with Gasteiger partial charge in [-0.1, -0.05) is 24.3 Å². The molecule has 3 aliphatic rings. The number of para-hydroxylation sites is 1. The van der Waals surface area contributed by atoms with Crippen LogP contribution in [0.25, 0.3) is 0 Å². The predicted octanol–water partition coefficient (Wildman–Crippen LogP) is 4.50. The first-order chi connectivity index (χ1) is 13.7. The summed E-state index contributed by atoms with van der Waals surface area (Å²) < 4.78 is 5.77. The Bertz CT molecular complexity index is 806. The second-order valence-corrected chi connectivity index (χ2v) is 7.61. The summed E-state index contributed by atoms with van der Waals surface area (Å²) in [6, 6.07) is 17.3. The minimum atomic E-state index is -0.167. The van der Waals surface area contributed by atoms with E-state index in [1.807, 2.05) is 54.6 Å². The first-order valence-corrected chi connectivity index (χ1v) is 9.95. The summed E-state index contributed by atoms with van der Waals surface area (Å²) in [5.74, 6) is 2.85. The van der Waals surface area contributed by atoms with Crippen LogP contribution in [0, 0.1) is 11.8 Å². The third-order valence-electron chi connectivity index (χ3n) is 5.82. The van der Waals surface area contributed by atoms with Crippen LogP contribution in [-0.4, -0.2) is 36.6 Å². The fraction of sp³-hybridized carbons (Fsp3) is 0.348. The lowest BCUT2D eigenvalue weighted by atomic mass is 9.75. The van der Waals surface area contributed by atoms with E-state index in [9.17, 15) is 4.79 Å². The van der Waals surface area contributed by atoms with Crippen molar-refractivity contribution in [1.29, 1.82) is 0 Å². The number of ether oxygens (including phenoxy) is 1. The van der Waals surface area contributed by atoms with Crippen LogP contribution in [0.2, 0.25) is 0 Å². The summed E-state index contributed by atoms with van der Waals surface area (Å²) in [5, 5.41) is 5.92. The van der Waals surface area contributed by atoms with Crippen molar-refractivity contribution in [2.24, 2.45) is 11.8 Å². The number of hydrogen-bond acceptors (Lipinski definition) is 3. The molecule has 0 saturated carbocycles. The zero-order valence-electron chi connectivity index (χ0n) is 16.0. The Morgan fingerprint density at radius 3 is 2.57 bits per heavy atom. The summed E-state index contributed by atoms with van der Waals surface area (Å²) in [6.45, 7) is 6.85. The van der Waals surface area contributed by atoms with Crippen LogP contribution in [0.3, 0.4) is 0 Å². The molecule has 3 fully saturated rings. The lowest BCUT2D eigenvalue weighted by Crippen LogP contribution is -2.56. The third-order valence-corrected chi connectivity index (χ3v) is 5.82. The first kappa shape index (κ1) is 18.6. The van der Waals surface area contributed by atoms with Crippen LogP contribution in [0.15, 0.2) is 67.3 Å². The number of anilines is 1. The largest absolute Gasteiger partial charge is 0.457 e. The van der Waals surface area contributed by atoms with Crippen molar-refractivity contribution in [1.82, 2.24) is 10.2 Å². The van der Waals surface area contributed by atoms with Crippen molar-refractivity contribution in [3.8, 4) is 11.5 Å². The van der Waals surface area contributed by atoms with Gasteiger partial charge in [-0.05, 0) is 67.6 Å². The molecule has 2 amide bonds. The number of urea groups is 1. The average Bonchev–Trinajstić information content (AvgIpc) is 2.75. The molecule has 0 radical (unpaired) electrons. The number of rotatable bonds is 6. The van der Waals surface area contributed by atoms with Gasteiger partial charge in [0.2, 0.25) is 0 Å². The fourth-order valence-electron chi connectivity index (χ4n) is 4.28. The molecule has 5 rings (SSSR count). The van der Waals surface area contributed by atoms with Gasteiger partial charge in [-0.3, -0.25) is 4.90 Å². The molecule has 4 atom stereocenters. The number of fused-ring (bicyclic) bond motifs is 3. The van der Waals surface area contributed by atoms with E-state index in [-0.39, 0.29) is 6.03 Å². The van der Waals surface area contributed by atoms with E-state index in [1.54, 1.807) is 0 Å². The molecule has 28 heavy (non-hydrogen) atoms. The molecule has 3 heterocycles. The monoisotopic (exact) mass is 377 g/mol. The number of amides is 2. The lowest BCUT2D eigenvalue weighted by molar-refractivity contribution is 0.0209. The van der Waals surface area contributed by atoms with Gasteiger partial charge in [-0.25, -0.2) is 4.79 Å². The van der Waals surface area contributed by atoms with Gasteiger partial charge in [0.15, 0.2) is 0 Å². The number of carbonyl (C=O) groups is 1. The van der Waals surface area contributed by atoms with Gasteiger partial charge < -0.3 is 15.4 Å². The number of carbonyl (C=O) groups excluding carboxylic acids is 1. The summed E-state index contributed by atoms with van der Waals surface area (Å²) in [6.07, 6.45) is 4.48. The second kappa shape index (κ2) is 8.48. The molecule has 146 valence electrons. The molecule has 0 aromatic heterocycles. The maximum atomic E-state index is 12.3. The predicted molar refractivity (Wildman–Crippen MR) is 112 cm³/mol. The number of nitrogens with one attached hydrogen (secondary N) is 2. The molecule has 4 unspecified atom stereocenters. The van der Waals surface area contributed by atoms with Crippen molar-refractivity contribution < 1.29 is 9.53 Å². The second-order valence-electron chi connectivity index (χ2n) is 7.61. The molecule has 5 nitrogen and oxygen atoms in total. The molecular formula is C23H27N3O2. The highest BCUT2D eigenvalue weighted by molar-refractivity contribution is 5.89. The maximum absolute atomic E-state index is 12.3. The van der Waals surface area contributed by atoms with E-state index in [0.29, 0.717) is 18.5 Å². The number of hydrogen-bond donors (Lipinski definition) is 2. The number of nitrogens with zero attached hydrogens (tertiary/aromatic N) is 1. The Hall–Kier alpha value is -2.79. The van der Waals surface area contributed by atoms with E-state index in [2.05, 4.69) is 28.2 Å². The van der Waals surface area contributed by atoms with Gasteiger partial charge in [0.05, 0.1) is 0 Å². The summed E-state index contributed by atoms with van der Waals surface area (Å²) >= 11 is 0. The van der Waals surface area contributed by atoms with Crippen LogP contribution in [0.1, 0.15) is 12.8 Å². The quantitative estimate of drug-likeness (QED) is 0.729. The number of piperidine rings is 3. The highest BCUT2D eigenvalue weighted by Gasteiger charge is 2.38. The molecule has 3 saturated heterocycles. The minimum absolute atomic E-state index is 0.167. The first-order valence-electron chi connectivity index (χ1n) is 9.95. The molecule has 2 bridgehead atoms. The SMILES string of the molecule is C=CC1CN2CCC1CC2CNC(=O)Nc1ccc(Oc2ccccc2)cc1. The van der Waals surface area contributed by atoms with Crippen molar-refractivity contribution >= 4 is 11.7 Å². The molecule has 5 heteroatoms. The Morgan fingerprint density at radius 2 is 1.89 bits per heavy atom. The van der Waals surface area contributed by atoms with E-state index in [1.165, 1.54) is 6.42 Å². The smallest absolute Gasteiger partial charge is 0.319 e. The van der Waals surface area contributed by atoms with Crippen molar-refractivity contribution in [3.63, 3.8) is 0 Å². The molecule has 2 aromatic carbocycles. The van der Waals surface area contributed by atoms with Gasteiger partial charge in [0.25, 0.3) is 0 Å². The summed E-state index contributed by atoms with van der Waals surface area (Å²) in [4.78, 5) is 14.8. The molecule has 2 N–H and O–H groups in total. The zero-order chi connectivity index (χ0) is 19.3. The van der Waals surface area contributed by atoms with Crippen LogP contribution in [0.5, 0.6) is 11.5 Å². The Labute approximate surface area is 166 Å². The van der Waals surface area contributed by atoms with Crippen molar-refractivity contribution in [2.45, 2.75) is 18.9 Å². The third kappa shape index (κ3) is 4.37. The normalized spacial score (nSPS) is 25.7. The summed E-state index contributed by atoms with van der Waals surface area (Å²) in [5.41, 5.74) is 0.745. The van der Waals surface area contributed by atoms with Crippen LogP contribution < -0.4 is 15.4 Å². The zero-order valence-corrected chi connectivity index (χ0v) is 16.0. The molecule has 3 aliphatic heterocycles. The summed E-state index contributed by atoms with van der Waals surface area (Å²) in [7, 11) is 0. The van der Waals surface area contributed by atoms with E-state index >= 15 is 0 Å². The van der Waals surface area contributed by atoms with E-state index in [0.717, 1.165) is 42.6 Å². The highest BCUT2D eigenvalue weighted by Crippen LogP contribution is 2.36. The van der Waals surface area contributed by atoms with E-state index in [4.69, 9.17) is 4.74 Å². The Balaban J connectivity index is 1.25. The fourth-order valence-corrected chi connectivity index (χ4v) is 4.28. The molecule has 2 aromatic rings.